The van der Waals surface area contributed by atoms with E-state index in [2.05, 4.69) is 16.0 Å². The molecular formula is C21H21N5O. The smallest absolute Gasteiger partial charge is 0.129 e. The number of fused-ring (bicyclic) bond motifs is 2. The second-order valence-electron chi connectivity index (χ2n) is 7.31. The molecule has 1 aliphatic heterocycles. The van der Waals surface area contributed by atoms with Crippen LogP contribution in [-0.2, 0) is 0 Å². The van der Waals surface area contributed by atoms with E-state index in [0.29, 0.717) is 0 Å². The molecule has 1 aliphatic rings. The molecule has 1 fully saturated rings. The van der Waals surface area contributed by atoms with Crippen molar-refractivity contribution in [3.63, 3.8) is 0 Å². The summed E-state index contributed by atoms with van der Waals surface area (Å²) in [4.78, 5) is 14.9. The van der Waals surface area contributed by atoms with Gasteiger partial charge in [0.15, 0.2) is 0 Å². The van der Waals surface area contributed by atoms with Gasteiger partial charge in [-0.2, -0.15) is 0 Å². The molecular weight excluding hydrogens is 338 g/mol. The molecule has 4 aromatic rings. The Hall–Kier alpha value is -3.12. The van der Waals surface area contributed by atoms with Crippen LogP contribution in [0.3, 0.4) is 0 Å². The fourth-order valence-corrected chi connectivity index (χ4v) is 3.84. The first-order valence-electron chi connectivity index (χ1n) is 9.18. The van der Waals surface area contributed by atoms with Crippen LogP contribution in [0.15, 0.2) is 42.5 Å². The van der Waals surface area contributed by atoms with E-state index in [1.54, 1.807) is 6.07 Å². The first kappa shape index (κ1) is 16.1. The van der Waals surface area contributed by atoms with Gasteiger partial charge in [0.05, 0.1) is 16.7 Å². The van der Waals surface area contributed by atoms with Gasteiger partial charge in [0.25, 0.3) is 0 Å². The number of H-pyrrole nitrogens is 1. The Labute approximate surface area is 156 Å². The van der Waals surface area contributed by atoms with Crippen LogP contribution < -0.4 is 10.6 Å². The van der Waals surface area contributed by atoms with Gasteiger partial charge in [-0.1, -0.05) is 0 Å². The van der Waals surface area contributed by atoms with Crippen LogP contribution in [-0.4, -0.2) is 39.2 Å². The Balaban J connectivity index is 1.55. The summed E-state index contributed by atoms with van der Waals surface area (Å²) >= 11 is 0. The van der Waals surface area contributed by atoms with Crippen LogP contribution in [0, 0.1) is 6.92 Å². The lowest BCUT2D eigenvalue weighted by Gasteiger charge is -2.17. The molecule has 0 bridgehead atoms. The standard InChI is InChI=1S/C21H21N5O/c1-12-8-13-9-15(20(27)10-19(13)23-12)16-2-3-18-17(24-16)4-5-21(25-18)26-7-6-14(22)11-26/h2-5,8-10,14,23,27H,6-7,11,22H2,1H3/t14-/m0/s1. The highest BCUT2D eigenvalue weighted by Gasteiger charge is 2.20. The molecule has 3 aromatic heterocycles. The molecule has 4 heterocycles. The van der Waals surface area contributed by atoms with Crippen molar-refractivity contribution in [2.45, 2.75) is 19.4 Å². The Bertz CT molecular complexity index is 1170. The number of benzene rings is 1. The third kappa shape index (κ3) is 2.78. The maximum atomic E-state index is 10.5. The zero-order valence-corrected chi connectivity index (χ0v) is 15.1. The summed E-state index contributed by atoms with van der Waals surface area (Å²) in [6.07, 6.45) is 0.997. The third-order valence-electron chi connectivity index (χ3n) is 5.22. The molecule has 0 radical (unpaired) electrons. The van der Waals surface area contributed by atoms with E-state index in [9.17, 15) is 5.11 Å². The number of nitrogens with two attached hydrogens (primary N) is 1. The molecule has 27 heavy (non-hydrogen) atoms. The van der Waals surface area contributed by atoms with Gasteiger partial charge in [0.1, 0.15) is 11.6 Å². The second-order valence-corrected chi connectivity index (χ2v) is 7.31. The van der Waals surface area contributed by atoms with Gasteiger partial charge in [-0.25, -0.2) is 9.97 Å². The maximum Gasteiger partial charge on any atom is 0.129 e. The van der Waals surface area contributed by atoms with E-state index in [1.165, 1.54) is 0 Å². The molecule has 0 saturated carbocycles. The topological polar surface area (TPSA) is 91.1 Å². The molecule has 136 valence electrons. The number of aryl methyl sites for hydroxylation is 1. The summed E-state index contributed by atoms with van der Waals surface area (Å²) < 4.78 is 0. The highest BCUT2D eigenvalue weighted by Crippen LogP contribution is 2.33. The highest BCUT2D eigenvalue weighted by atomic mass is 16.3. The lowest BCUT2D eigenvalue weighted by Crippen LogP contribution is -2.26. The average Bonchev–Trinajstić information content (AvgIpc) is 3.24. The van der Waals surface area contributed by atoms with Gasteiger partial charge in [0, 0.05) is 47.4 Å². The van der Waals surface area contributed by atoms with Crippen LogP contribution in [0.25, 0.3) is 33.2 Å². The van der Waals surface area contributed by atoms with Crippen molar-refractivity contribution in [3.8, 4) is 17.0 Å². The van der Waals surface area contributed by atoms with Gasteiger partial charge in [-0.05, 0) is 49.7 Å². The number of aromatic nitrogens is 3. The fourth-order valence-electron chi connectivity index (χ4n) is 3.84. The molecule has 1 saturated heterocycles. The van der Waals surface area contributed by atoms with Gasteiger partial charge >= 0.3 is 0 Å². The monoisotopic (exact) mass is 359 g/mol. The van der Waals surface area contributed by atoms with Crippen LogP contribution in [0.1, 0.15) is 12.1 Å². The number of aromatic hydroxyl groups is 1. The van der Waals surface area contributed by atoms with E-state index in [0.717, 1.165) is 64.2 Å². The highest BCUT2D eigenvalue weighted by molar-refractivity contribution is 5.89. The third-order valence-corrected chi connectivity index (χ3v) is 5.22. The predicted molar refractivity (Wildman–Crippen MR) is 108 cm³/mol. The van der Waals surface area contributed by atoms with E-state index in [4.69, 9.17) is 15.7 Å². The number of phenols is 1. The van der Waals surface area contributed by atoms with Crippen molar-refractivity contribution >= 4 is 27.8 Å². The largest absolute Gasteiger partial charge is 0.507 e. The van der Waals surface area contributed by atoms with E-state index in [1.807, 2.05) is 37.3 Å². The lowest BCUT2D eigenvalue weighted by molar-refractivity contribution is 0.478. The zero-order chi connectivity index (χ0) is 18.5. The quantitative estimate of drug-likeness (QED) is 0.511. The summed E-state index contributed by atoms with van der Waals surface area (Å²) in [6, 6.07) is 13.9. The van der Waals surface area contributed by atoms with Gasteiger partial charge < -0.3 is 20.7 Å². The molecule has 0 aliphatic carbocycles. The molecule has 6 nitrogen and oxygen atoms in total. The SMILES string of the molecule is Cc1cc2cc(-c3ccc4nc(N5CC[C@H](N)C5)ccc4n3)c(O)cc2[nH]1. The van der Waals surface area contributed by atoms with Crippen LogP contribution in [0.5, 0.6) is 5.75 Å². The molecule has 6 heteroatoms. The Kier molecular flexibility index (Phi) is 3.55. The van der Waals surface area contributed by atoms with E-state index >= 15 is 0 Å². The van der Waals surface area contributed by atoms with Crippen molar-refractivity contribution in [2.24, 2.45) is 5.73 Å². The average molecular weight is 359 g/mol. The summed E-state index contributed by atoms with van der Waals surface area (Å²) in [6.45, 7) is 3.78. The number of anilines is 1. The van der Waals surface area contributed by atoms with Crippen LogP contribution >= 0.6 is 0 Å². The molecule has 4 N–H and O–H groups in total. The predicted octanol–water partition coefficient (Wildman–Crippen LogP) is 3.33. The van der Waals surface area contributed by atoms with E-state index < -0.39 is 0 Å². The van der Waals surface area contributed by atoms with Crippen LogP contribution in [0.2, 0.25) is 0 Å². The van der Waals surface area contributed by atoms with Crippen LogP contribution in [0.4, 0.5) is 5.82 Å². The molecule has 1 atom stereocenters. The molecule has 0 amide bonds. The minimum atomic E-state index is 0.215. The van der Waals surface area contributed by atoms with Crippen molar-refractivity contribution < 1.29 is 5.11 Å². The van der Waals surface area contributed by atoms with Crippen molar-refractivity contribution in [1.82, 2.24) is 15.0 Å². The molecule has 0 unspecified atom stereocenters. The molecule has 0 spiro atoms. The lowest BCUT2D eigenvalue weighted by atomic mass is 10.1. The van der Waals surface area contributed by atoms with Gasteiger partial charge in [-0.15, -0.1) is 0 Å². The minimum absolute atomic E-state index is 0.215. The number of nitrogens with zero attached hydrogens (tertiary/aromatic N) is 3. The van der Waals surface area contributed by atoms with Gasteiger partial charge in [0.2, 0.25) is 0 Å². The molecule has 5 rings (SSSR count). The van der Waals surface area contributed by atoms with Crippen molar-refractivity contribution in [1.29, 1.82) is 0 Å². The summed E-state index contributed by atoms with van der Waals surface area (Å²) in [5, 5.41) is 11.5. The zero-order valence-electron chi connectivity index (χ0n) is 15.1. The summed E-state index contributed by atoms with van der Waals surface area (Å²) in [5.41, 5.74) is 11.1. The fraction of sp³-hybridized carbons (Fsp3) is 0.238. The number of phenolic OH excluding ortho intramolecular Hbond substituents is 1. The summed E-state index contributed by atoms with van der Waals surface area (Å²) in [7, 11) is 0. The molecule has 1 aromatic carbocycles. The first-order chi connectivity index (χ1) is 13.1. The number of nitrogens with one attached hydrogen (secondary N) is 1. The number of aromatic amines is 1. The van der Waals surface area contributed by atoms with Gasteiger partial charge in [-0.3, -0.25) is 0 Å². The van der Waals surface area contributed by atoms with Crippen molar-refractivity contribution in [3.05, 3.63) is 48.2 Å². The number of rotatable bonds is 2. The second kappa shape index (κ2) is 5.96. The first-order valence-corrected chi connectivity index (χ1v) is 9.18. The number of hydrogen-bond acceptors (Lipinski definition) is 5. The maximum absolute atomic E-state index is 10.5. The Morgan fingerprint density at radius 2 is 1.93 bits per heavy atom. The number of pyridine rings is 2. The summed E-state index contributed by atoms with van der Waals surface area (Å²) in [5.74, 6) is 1.16. The number of hydrogen-bond donors (Lipinski definition) is 3. The normalized spacial score (nSPS) is 17.3. The Morgan fingerprint density at radius 1 is 1.11 bits per heavy atom. The Morgan fingerprint density at radius 3 is 2.74 bits per heavy atom. The van der Waals surface area contributed by atoms with E-state index in [-0.39, 0.29) is 11.8 Å². The minimum Gasteiger partial charge on any atom is -0.507 e. The van der Waals surface area contributed by atoms with Crippen molar-refractivity contribution in [2.75, 3.05) is 18.0 Å².